The Morgan fingerprint density at radius 1 is 0.941 bits per heavy atom. The van der Waals surface area contributed by atoms with Gasteiger partial charge in [0.05, 0.1) is 5.56 Å². The third kappa shape index (κ3) is 2.14. The summed E-state index contributed by atoms with van der Waals surface area (Å²) in [6.07, 6.45) is 0. The molecule has 0 saturated heterocycles. The minimum absolute atomic E-state index is 0. The van der Waals surface area contributed by atoms with E-state index < -0.39 is 0 Å². The Labute approximate surface area is 114 Å². The fraction of sp³-hybridized carbons (Fsp3) is 0. The van der Waals surface area contributed by atoms with Crippen molar-refractivity contribution in [2.45, 2.75) is 0 Å². The van der Waals surface area contributed by atoms with Crippen LogP contribution in [0.15, 0.2) is 52.9 Å². The zero-order valence-corrected chi connectivity index (χ0v) is 10.6. The first-order valence-corrected chi connectivity index (χ1v) is 5.02. The van der Waals surface area contributed by atoms with E-state index in [9.17, 15) is 5.11 Å². The number of aromatic amines is 1. The van der Waals surface area contributed by atoms with Crippen LogP contribution in [0.25, 0.3) is 22.6 Å². The molecular weight excluding hydrogens is 226 g/mol. The van der Waals surface area contributed by atoms with E-state index in [1.54, 1.807) is 12.1 Å². The first kappa shape index (κ1) is 11.9. The molecule has 0 unspecified atom stereocenters. The quantitative estimate of drug-likeness (QED) is 0.602. The van der Waals surface area contributed by atoms with Gasteiger partial charge in [-0.25, -0.2) is 0 Å². The minimum Gasteiger partial charge on any atom is -0.872 e. The van der Waals surface area contributed by atoms with E-state index in [0.29, 0.717) is 11.5 Å². The van der Waals surface area contributed by atoms with Crippen LogP contribution in [-0.4, -0.2) is 23.1 Å². The second-order valence-electron chi connectivity index (χ2n) is 3.55. The maximum atomic E-state index is 11.6. The summed E-state index contributed by atoms with van der Waals surface area (Å²) >= 11 is 0. The minimum atomic E-state index is -0.0437. The van der Waals surface area contributed by atoms with Gasteiger partial charge in [0.2, 0.25) is 11.1 Å². The maximum absolute atomic E-state index is 11.6. The molecular formula is C13H9MgNO2+2. The van der Waals surface area contributed by atoms with Gasteiger partial charge in [-0.3, -0.25) is 0 Å². The van der Waals surface area contributed by atoms with Gasteiger partial charge in [0, 0.05) is 6.07 Å². The molecule has 78 valence electrons. The number of H-pyrrole nitrogens is 1. The zero-order chi connectivity index (χ0) is 11.0. The molecule has 3 rings (SSSR count). The molecule has 0 aliphatic heterocycles. The van der Waals surface area contributed by atoms with Crippen molar-refractivity contribution < 1.29 is 14.5 Å². The van der Waals surface area contributed by atoms with Gasteiger partial charge in [0.1, 0.15) is 0 Å². The Morgan fingerprint density at radius 3 is 2.41 bits per heavy atom. The van der Waals surface area contributed by atoms with Gasteiger partial charge in [-0.05, 0) is 12.1 Å². The van der Waals surface area contributed by atoms with E-state index in [4.69, 9.17) is 4.42 Å². The predicted octanol–water partition coefficient (Wildman–Crippen LogP) is 1.61. The second kappa shape index (κ2) is 4.77. The van der Waals surface area contributed by atoms with Crippen molar-refractivity contribution >= 4 is 34.2 Å². The third-order valence-electron chi connectivity index (χ3n) is 2.48. The van der Waals surface area contributed by atoms with Crippen molar-refractivity contribution in [2.75, 3.05) is 0 Å². The number of benzene rings is 2. The molecule has 0 fully saturated rings. The zero-order valence-electron chi connectivity index (χ0n) is 9.14. The molecule has 0 aliphatic carbocycles. The molecule has 0 aliphatic rings. The summed E-state index contributed by atoms with van der Waals surface area (Å²) in [5, 5.41) is 11.6. The van der Waals surface area contributed by atoms with E-state index in [1.807, 2.05) is 30.3 Å². The topological polar surface area (TPSA) is 50.3 Å². The van der Waals surface area contributed by atoms with E-state index in [1.165, 1.54) is 6.07 Å². The average molecular weight is 236 g/mol. The molecule has 0 bridgehead atoms. The van der Waals surface area contributed by atoms with Crippen LogP contribution in [-0.2, 0) is 0 Å². The summed E-state index contributed by atoms with van der Waals surface area (Å²) in [6, 6.07) is 14.4. The second-order valence-corrected chi connectivity index (χ2v) is 3.55. The molecule has 2 aromatic carbocycles. The van der Waals surface area contributed by atoms with Gasteiger partial charge in [-0.15, -0.1) is 0 Å². The molecule has 1 aromatic heterocycles. The number of para-hydroxylation sites is 3. The number of fused-ring (bicyclic) bond motifs is 1. The predicted molar refractivity (Wildman–Crippen MR) is 63.4 cm³/mol. The normalized spacial score (nSPS) is 10.1. The summed E-state index contributed by atoms with van der Waals surface area (Å²) in [5.74, 6) is 0.463. The Hall–Kier alpha value is -1.52. The first-order chi connectivity index (χ1) is 7.84. The molecule has 0 atom stereocenters. The van der Waals surface area contributed by atoms with Crippen LogP contribution in [0.5, 0.6) is 5.75 Å². The molecule has 0 radical (unpaired) electrons. The Balaban J connectivity index is 0.00000108. The molecule has 0 spiro atoms. The summed E-state index contributed by atoms with van der Waals surface area (Å²) in [6.45, 7) is 0. The maximum Gasteiger partial charge on any atom is 2.00 e. The van der Waals surface area contributed by atoms with Crippen LogP contribution in [0.1, 0.15) is 0 Å². The number of hydrogen-bond donors (Lipinski definition) is 0. The summed E-state index contributed by atoms with van der Waals surface area (Å²) in [5.41, 5.74) is 2.19. The van der Waals surface area contributed by atoms with E-state index in [-0.39, 0.29) is 28.8 Å². The van der Waals surface area contributed by atoms with Crippen LogP contribution in [0.3, 0.4) is 0 Å². The van der Waals surface area contributed by atoms with E-state index in [0.717, 1.165) is 11.1 Å². The van der Waals surface area contributed by atoms with E-state index >= 15 is 0 Å². The molecule has 0 amide bonds. The van der Waals surface area contributed by atoms with Crippen molar-refractivity contribution in [1.82, 2.24) is 0 Å². The van der Waals surface area contributed by atoms with E-state index in [2.05, 4.69) is 4.98 Å². The van der Waals surface area contributed by atoms with Gasteiger partial charge in [-0.1, -0.05) is 36.1 Å². The van der Waals surface area contributed by atoms with Crippen molar-refractivity contribution in [3.05, 3.63) is 48.5 Å². The van der Waals surface area contributed by atoms with Crippen molar-refractivity contribution in [3.63, 3.8) is 0 Å². The summed E-state index contributed by atoms with van der Waals surface area (Å²) in [7, 11) is 0. The number of hydrogen-bond acceptors (Lipinski definition) is 2. The van der Waals surface area contributed by atoms with Gasteiger partial charge in [0.15, 0.2) is 0 Å². The largest absolute Gasteiger partial charge is 2.00 e. The Bertz CT molecular complexity index is 615. The van der Waals surface area contributed by atoms with Crippen molar-refractivity contribution in [2.24, 2.45) is 0 Å². The summed E-state index contributed by atoms with van der Waals surface area (Å²) in [4.78, 5) is 3.09. The van der Waals surface area contributed by atoms with Crippen LogP contribution < -0.4 is 10.1 Å². The van der Waals surface area contributed by atoms with Gasteiger partial charge in [-0.2, -0.15) is 4.98 Å². The fourth-order valence-electron chi connectivity index (χ4n) is 1.69. The van der Waals surface area contributed by atoms with Crippen LogP contribution in [0.2, 0.25) is 0 Å². The van der Waals surface area contributed by atoms with Gasteiger partial charge in [0.25, 0.3) is 0 Å². The average Bonchev–Trinajstić information content (AvgIpc) is 2.73. The smallest absolute Gasteiger partial charge is 0.872 e. The monoisotopic (exact) mass is 235 g/mol. The Kier molecular flexibility index (Phi) is 3.35. The SMILES string of the molecule is [Mg+2].[O-]c1ccccc1-c1[nH+]c2ccccc2o1. The number of nitrogens with one attached hydrogen (secondary N) is 1. The molecule has 3 aromatic rings. The van der Waals surface area contributed by atoms with Crippen LogP contribution in [0, 0.1) is 0 Å². The van der Waals surface area contributed by atoms with Crippen molar-refractivity contribution in [3.8, 4) is 17.2 Å². The van der Waals surface area contributed by atoms with Crippen LogP contribution in [0.4, 0.5) is 0 Å². The van der Waals surface area contributed by atoms with Crippen molar-refractivity contribution in [1.29, 1.82) is 0 Å². The number of oxazole rings is 1. The molecule has 17 heavy (non-hydrogen) atoms. The molecule has 3 nitrogen and oxygen atoms in total. The third-order valence-corrected chi connectivity index (χ3v) is 2.48. The number of rotatable bonds is 1. The van der Waals surface area contributed by atoms with Gasteiger partial charge >= 0.3 is 28.9 Å². The molecule has 1 heterocycles. The molecule has 0 saturated carbocycles. The fourth-order valence-corrected chi connectivity index (χ4v) is 1.69. The first-order valence-electron chi connectivity index (χ1n) is 5.02. The molecule has 4 heteroatoms. The molecule has 1 N–H and O–H groups in total. The van der Waals surface area contributed by atoms with Crippen LogP contribution >= 0.6 is 0 Å². The Morgan fingerprint density at radius 2 is 1.65 bits per heavy atom. The standard InChI is InChI=1S/C13H9NO2.Mg/c15-11-7-3-1-5-9(11)13-14-10-6-2-4-8-12(10)16-13;/h1-8,15H;/q;+2. The number of aromatic nitrogens is 1. The summed E-state index contributed by atoms with van der Waals surface area (Å²) < 4.78 is 5.58. The van der Waals surface area contributed by atoms with Gasteiger partial charge < -0.3 is 9.52 Å².